The number of esters is 1. The van der Waals surface area contributed by atoms with Crippen molar-refractivity contribution in [3.05, 3.63) is 48.6 Å². The Bertz CT molecular complexity index is 1260. The quantitative estimate of drug-likeness (QED) is 0.0320. The van der Waals surface area contributed by atoms with Crippen molar-refractivity contribution in [1.82, 2.24) is 5.32 Å². The summed E-state index contributed by atoms with van der Waals surface area (Å²) in [7, 11) is 0. The Labute approximate surface area is 467 Å². The molecule has 0 bridgehead atoms. The van der Waals surface area contributed by atoms with Crippen LogP contribution in [0.2, 0.25) is 0 Å². The summed E-state index contributed by atoms with van der Waals surface area (Å²) in [4.78, 5) is 24.6. The predicted molar refractivity (Wildman–Crippen MR) is 329 cm³/mol. The van der Waals surface area contributed by atoms with E-state index in [2.05, 4.69) is 55.6 Å². The average Bonchev–Trinajstić information content (AvgIpc) is 3.41. The molecule has 0 spiro atoms. The van der Waals surface area contributed by atoms with Gasteiger partial charge in [0.15, 0.2) is 0 Å². The number of hydrogen-bond donors (Lipinski definition) is 3. The van der Waals surface area contributed by atoms with Gasteiger partial charge in [0, 0.05) is 12.8 Å². The second kappa shape index (κ2) is 64.3. The topological polar surface area (TPSA) is 95.9 Å². The zero-order valence-corrected chi connectivity index (χ0v) is 50.3. The molecule has 3 N–H and O–H groups in total. The molecule has 0 rings (SSSR count). The molecule has 0 saturated heterocycles. The van der Waals surface area contributed by atoms with Gasteiger partial charge in [-0.05, 0) is 77.0 Å². The maximum Gasteiger partial charge on any atom is 0.305 e. The average molecular weight is 1050 g/mol. The third-order valence-corrected chi connectivity index (χ3v) is 15.3. The molecule has 0 radical (unpaired) electrons. The molecule has 1 amide bonds. The van der Waals surface area contributed by atoms with E-state index in [1.807, 2.05) is 6.08 Å². The summed E-state index contributed by atoms with van der Waals surface area (Å²) < 4.78 is 5.42. The van der Waals surface area contributed by atoms with E-state index >= 15 is 0 Å². The minimum atomic E-state index is -0.850. The van der Waals surface area contributed by atoms with Crippen molar-refractivity contribution in [2.45, 2.75) is 366 Å². The van der Waals surface area contributed by atoms with Crippen LogP contribution in [-0.2, 0) is 14.3 Å². The molecule has 0 aromatic carbocycles. The summed E-state index contributed by atoms with van der Waals surface area (Å²) in [5, 5.41) is 23.2. The highest BCUT2D eigenvalue weighted by molar-refractivity contribution is 5.76. The fraction of sp³-hybridized carbons (Fsp3) is 0.855. The molecular weight excluding hydrogens is 923 g/mol. The van der Waals surface area contributed by atoms with Crippen molar-refractivity contribution in [2.24, 2.45) is 0 Å². The van der Waals surface area contributed by atoms with Gasteiger partial charge in [0.1, 0.15) is 0 Å². The largest absolute Gasteiger partial charge is 0.465 e. The maximum absolute atomic E-state index is 12.5. The number of nitrogens with one attached hydrogen (secondary N) is 1. The van der Waals surface area contributed by atoms with Crippen LogP contribution in [-0.4, -0.2) is 47.4 Å². The zero-order chi connectivity index (χ0) is 54.3. The molecule has 6 nitrogen and oxygen atoms in total. The number of carbonyl (C=O) groups excluding carboxylic acids is 2. The van der Waals surface area contributed by atoms with Gasteiger partial charge in [-0.15, -0.1) is 0 Å². The monoisotopic (exact) mass is 1050 g/mol. The highest BCUT2D eigenvalue weighted by atomic mass is 16.5. The highest BCUT2D eigenvalue weighted by Gasteiger charge is 2.18. The Balaban J connectivity index is 3.48. The number of rotatable bonds is 62. The normalized spacial score (nSPS) is 12.9. The van der Waals surface area contributed by atoms with Crippen LogP contribution in [0.15, 0.2) is 48.6 Å². The molecule has 0 aliphatic heterocycles. The number of allylic oxidation sites excluding steroid dienone is 6. The van der Waals surface area contributed by atoms with Crippen molar-refractivity contribution < 1.29 is 24.5 Å². The van der Waals surface area contributed by atoms with Gasteiger partial charge in [0.25, 0.3) is 0 Å². The first-order valence-electron chi connectivity index (χ1n) is 33.4. The molecular formula is C69H129NO5. The van der Waals surface area contributed by atoms with Crippen LogP contribution < -0.4 is 5.32 Å². The van der Waals surface area contributed by atoms with Gasteiger partial charge < -0.3 is 20.3 Å². The number of hydrogen-bond acceptors (Lipinski definition) is 5. The van der Waals surface area contributed by atoms with E-state index in [-0.39, 0.29) is 18.5 Å². The third-order valence-electron chi connectivity index (χ3n) is 15.3. The van der Waals surface area contributed by atoms with Crippen LogP contribution in [0.3, 0.4) is 0 Å². The summed E-state index contributed by atoms with van der Waals surface area (Å²) in [6.45, 7) is 4.81. The molecule has 75 heavy (non-hydrogen) atoms. The van der Waals surface area contributed by atoms with Crippen molar-refractivity contribution in [3.63, 3.8) is 0 Å². The lowest BCUT2D eigenvalue weighted by Gasteiger charge is -2.20. The molecule has 0 fully saturated rings. The Kier molecular flexibility index (Phi) is 62.5. The van der Waals surface area contributed by atoms with Crippen LogP contribution in [0.1, 0.15) is 354 Å². The third kappa shape index (κ3) is 60.9. The number of aliphatic hydroxyl groups excluding tert-OH is 2. The van der Waals surface area contributed by atoms with Crippen LogP contribution in [0.4, 0.5) is 0 Å². The number of amides is 1. The number of ether oxygens (including phenoxy) is 1. The molecule has 0 heterocycles. The molecule has 0 aromatic heterocycles. The summed E-state index contributed by atoms with van der Waals surface area (Å²) in [6, 6.07) is -0.634. The van der Waals surface area contributed by atoms with Crippen molar-refractivity contribution in [2.75, 3.05) is 13.2 Å². The molecule has 2 atom stereocenters. The molecule has 440 valence electrons. The van der Waals surface area contributed by atoms with Crippen molar-refractivity contribution in [3.8, 4) is 0 Å². The maximum atomic E-state index is 12.5. The van der Waals surface area contributed by atoms with Gasteiger partial charge in [0.05, 0.1) is 25.4 Å². The Morgan fingerprint density at radius 1 is 0.373 bits per heavy atom. The molecule has 0 saturated carbocycles. The lowest BCUT2D eigenvalue weighted by atomic mass is 10.0. The van der Waals surface area contributed by atoms with Gasteiger partial charge >= 0.3 is 5.97 Å². The van der Waals surface area contributed by atoms with E-state index in [0.717, 1.165) is 51.4 Å². The lowest BCUT2D eigenvalue weighted by molar-refractivity contribution is -0.143. The van der Waals surface area contributed by atoms with E-state index in [0.29, 0.717) is 19.4 Å². The standard InChI is InChI=1S/C69H129NO5/c1-3-5-7-9-11-13-15-17-19-21-22-24-27-30-33-37-41-45-49-53-57-61-67(72)66(65-71)70-68(73)62-58-54-50-46-42-38-34-31-28-25-23-26-29-32-36-40-44-48-52-56-60-64-75-69(74)63-59-55-51-47-43-39-35-20-18-16-14-12-10-8-6-4-2/h20,35,40,44,52,56-57,61,66-67,71-72H,3-19,21-34,36-39,41-43,45-51,53-55,58-60,62-65H2,1-2H3,(H,70,73)/b35-20-,44-40-,56-52-,61-57+. The van der Waals surface area contributed by atoms with Gasteiger partial charge in [-0.1, -0.05) is 313 Å². The summed E-state index contributed by atoms with van der Waals surface area (Å²) >= 11 is 0. The first-order valence-corrected chi connectivity index (χ1v) is 33.4. The smallest absolute Gasteiger partial charge is 0.305 e. The van der Waals surface area contributed by atoms with Crippen LogP contribution in [0, 0.1) is 0 Å². The number of aliphatic hydroxyl groups is 2. The first-order chi connectivity index (χ1) is 37.0. The lowest BCUT2D eigenvalue weighted by Crippen LogP contribution is -2.45. The van der Waals surface area contributed by atoms with Gasteiger partial charge in [-0.3, -0.25) is 9.59 Å². The van der Waals surface area contributed by atoms with Crippen molar-refractivity contribution in [1.29, 1.82) is 0 Å². The Morgan fingerprint density at radius 2 is 0.667 bits per heavy atom. The summed E-state index contributed by atoms with van der Waals surface area (Å²) in [5.74, 6) is -0.113. The molecule has 0 aliphatic carbocycles. The van der Waals surface area contributed by atoms with E-state index in [1.165, 1.54) is 276 Å². The van der Waals surface area contributed by atoms with E-state index < -0.39 is 12.1 Å². The van der Waals surface area contributed by atoms with Gasteiger partial charge in [0.2, 0.25) is 5.91 Å². The second-order valence-corrected chi connectivity index (χ2v) is 22.8. The van der Waals surface area contributed by atoms with Gasteiger partial charge in [-0.2, -0.15) is 0 Å². The molecule has 6 heteroatoms. The molecule has 0 aliphatic rings. The highest BCUT2D eigenvalue weighted by Crippen LogP contribution is 2.18. The summed E-state index contributed by atoms with van der Waals surface area (Å²) in [5.41, 5.74) is 0. The SMILES string of the molecule is CCCCCCCCC/C=C\CCCCCCCC(=O)OCC/C=C\C/C=C\CCCCCCCCCCCCCCCCC(=O)NC(CO)C(O)/C=C/CCCCCCCCCCCCCCCCCCCCC. The molecule has 0 aromatic rings. The van der Waals surface area contributed by atoms with Gasteiger partial charge in [-0.25, -0.2) is 0 Å². The van der Waals surface area contributed by atoms with E-state index in [9.17, 15) is 19.8 Å². The number of unbranched alkanes of at least 4 members (excludes halogenated alkanes) is 45. The van der Waals surface area contributed by atoms with Crippen LogP contribution in [0.5, 0.6) is 0 Å². The van der Waals surface area contributed by atoms with E-state index in [4.69, 9.17) is 4.74 Å². The Morgan fingerprint density at radius 3 is 1.03 bits per heavy atom. The molecule has 2 unspecified atom stereocenters. The minimum Gasteiger partial charge on any atom is -0.465 e. The van der Waals surface area contributed by atoms with Crippen molar-refractivity contribution >= 4 is 11.9 Å². The first kappa shape index (κ1) is 72.8. The Hall–Kier alpha value is -2.18. The zero-order valence-electron chi connectivity index (χ0n) is 50.3. The van der Waals surface area contributed by atoms with E-state index in [1.54, 1.807) is 6.08 Å². The second-order valence-electron chi connectivity index (χ2n) is 22.8. The fourth-order valence-corrected chi connectivity index (χ4v) is 10.2. The predicted octanol–water partition coefficient (Wildman–Crippen LogP) is 21.3. The fourth-order valence-electron chi connectivity index (χ4n) is 10.2. The summed E-state index contributed by atoms with van der Waals surface area (Å²) in [6.07, 6.45) is 83.2. The van der Waals surface area contributed by atoms with Crippen LogP contribution >= 0.6 is 0 Å². The van der Waals surface area contributed by atoms with Crippen LogP contribution in [0.25, 0.3) is 0 Å². The minimum absolute atomic E-state index is 0.0431. The number of carbonyl (C=O) groups is 2.